The van der Waals surface area contributed by atoms with Gasteiger partial charge < -0.3 is 24.2 Å². The van der Waals surface area contributed by atoms with Crippen molar-refractivity contribution in [2.75, 3.05) is 23.6 Å². The molecular weight excluding hydrogens is 507 g/mol. The number of halogens is 1. The minimum absolute atomic E-state index is 0.0979. The summed E-state index contributed by atoms with van der Waals surface area (Å²) in [5, 5.41) is 2.80. The van der Waals surface area contributed by atoms with Crippen molar-refractivity contribution < 1.29 is 18.1 Å². The van der Waals surface area contributed by atoms with Crippen molar-refractivity contribution in [2.24, 2.45) is 0 Å². The van der Waals surface area contributed by atoms with Crippen LogP contribution in [0.5, 0.6) is 11.5 Å². The number of urea groups is 1. The van der Waals surface area contributed by atoms with E-state index in [1.54, 1.807) is 44.0 Å². The molecule has 2 aromatic carbocycles. The maximum Gasteiger partial charge on any atom is 0.317 e. The third-order valence-corrected chi connectivity index (χ3v) is 7.51. The van der Waals surface area contributed by atoms with Crippen molar-refractivity contribution in [3.05, 3.63) is 80.5 Å². The minimum Gasteiger partial charge on any atom is -0.455 e. The summed E-state index contributed by atoms with van der Waals surface area (Å²) in [6, 6.07) is 8.02. The lowest BCUT2D eigenvalue weighted by atomic mass is 10.0. The average molecular weight is 541 g/mol. The van der Waals surface area contributed by atoms with Gasteiger partial charge in [0.1, 0.15) is 22.6 Å². The number of carbonyl (C=O) groups excluding carboxylic acids is 1. The van der Waals surface area contributed by atoms with Crippen molar-refractivity contribution >= 4 is 22.7 Å². The quantitative estimate of drug-likeness (QED) is 0.447. The van der Waals surface area contributed by atoms with Crippen LogP contribution in [0, 0.1) is 26.6 Å². The van der Waals surface area contributed by atoms with E-state index in [-0.39, 0.29) is 23.8 Å². The summed E-state index contributed by atoms with van der Waals surface area (Å²) < 4.78 is 37.5. The van der Waals surface area contributed by atoms with Gasteiger partial charge in [-0.25, -0.2) is 13.4 Å². The normalized spacial score (nSPS) is 13.6. The number of amides is 2. The molecule has 8 nitrogen and oxygen atoms in total. The molecule has 2 amide bonds. The van der Waals surface area contributed by atoms with Crippen LogP contribution in [0.2, 0.25) is 0 Å². The van der Waals surface area contributed by atoms with E-state index in [9.17, 15) is 18.2 Å². The molecule has 0 spiro atoms. The fourth-order valence-electron chi connectivity index (χ4n) is 4.67. The molecule has 0 fully saturated rings. The minimum atomic E-state index is -1.26. The smallest absolute Gasteiger partial charge is 0.317 e. The van der Waals surface area contributed by atoms with E-state index in [1.165, 1.54) is 12.1 Å². The first-order valence-corrected chi connectivity index (χ1v) is 14.0. The van der Waals surface area contributed by atoms with E-state index in [4.69, 9.17) is 4.74 Å². The molecule has 1 atom stereocenters. The summed E-state index contributed by atoms with van der Waals surface area (Å²) in [5.41, 5.74) is 4.33. The van der Waals surface area contributed by atoms with Crippen molar-refractivity contribution in [2.45, 2.75) is 47.6 Å². The number of pyridine rings is 1. The van der Waals surface area contributed by atoms with Crippen LogP contribution in [0.4, 0.5) is 14.9 Å². The largest absolute Gasteiger partial charge is 0.455 e. The molecule has 1 aliphatic rings. The summed E-state index contributed by atoms with van der Waals surface area (Å²) in [6.45, 7) is 10.1. The molecule has 0 bridgehead atoms. The Labute approximate surface area is 224 Å². The third kappa shape index (κ3) is 5.60. The highest BCUT2D eigenvalue weighted by molar-refractivity contribution is 7.86. The molecule has 2 heterocycles. The van der Waals surface area contributed by atoms with Gasteiger partial charge in [-0.05, 0) is 69.2 Å². The van der Waals surface area contributed by atoms with Crippen molar-refractivity contribution in [3.63, 3.8) is 0 Å². The van der Waals surface area contributed by atoms with Crippen LogP contribution in [0.25, 0.3) is 5.69 Å². The predicted molar refractivity (Wildman–Crippen MR) is 148 cm³/mol. The fourth-order valence-corrected chi connectivity index (χ4v) is 5.20. The first-order valence-electron chi connectivity index (χ1n) is 12.6. The number of nitrogens with one attached hydrogen (secondary N) is 2. The van der Waals surface area contributed by atoms with Crippen LogP contribution >= 0.6 is 0 Å². The van der Waals surface area contributed by atoms with Crippen LogP contribution < -0.4 is 20.2 Å². The zero-order chi connectivity index (χ0) is 27.6. The van der Waals surface area contributed by atoms with Crippen LogP contribution in [0.1, 0.15) is 41.8 Å². The van der Waals surface area contributed by atoms with Gasteiger partial charge in [0.25, 0.3) is 0 Å². The van der Waals surface area contributed by atoms with Gasteiger partial charge in [0, 0.05) is 54.0 Å². The topological polar surface area (TPSA) is 92.7 Å². The lowest BCUT2D eigenvalue weighted by Gasteiger charge is -2.31. The lowest BCUT2D eigenvalue weighted by molar-refractivity contribution is 0.192. The highest BCUT2D eigenvalue weighted by Gasteiger charge is 2.27. The lowest BCUT2D eigenvalue weighted by Crippen LogP contribution is -2.45. The average Bonchev–Trinajstić information content (AvgIpc) is 2.88. The van der Waals surface area contributed by atoms with Gasteiger partial charge in [0.15, 0.2) is 11.2 Å². The molecule has 1 aromatic heterocycles. The van der Waals surface area contributed by atoms with Crippen molar-refractivity contribution in [1.82, 2.24) is 14.8 Å². The molecule has 0 radical (unpaired) electrons. The zero-order valence-electron chi connectivity index (χ0n) is 22.3. The van der Waals surface area contributed by atoms with Crippen LogP contribution in [-0.4, -0.2) is 38.5 Å². The fraction of sp³-hybridized carbons (Fsp3) is 0.357. The van der Waals surface area contributed by atoms with Crippen LogP contribution in [-0.2, 0) is 24.0 Å². The van der Waals surface area contributed by atoms with Gasteiger partial charge >= 0.3 is 6.03 Å². The molecule has 2 N–H and O–H groups in total. The van der Waals surface area contributed by atoms with Gasteiger partial charge in [0.2, 0.25) is 0 Å². The van der Waals surface area contributed by atoms with Crippen LogP contribution in [0.3, 0.4) is 0 Å². The Bertz CT molecular complexity index is 1450. The van der Waals surface area contributed by atoms with E-state index in [2.05, 4.69) is 10.0 Å². The highest BCUT2D eigenvalue weighted by atomic mass is 32.2. The Morgan fingerprint density at radius 1 is 1.11 bits per heavy atom. The molecule has 0 aliphatic carbocycles. The standard InChI is InChI=1S/C28H33FN4O4S/c1-6-30-28(35)32-11-10-23-22(16-32)26(34)19(5)15-33(23)24-14-21(31-38(36)7-2)8-9-25(24)37-27-17(3)12-20(29)13-18(27)4/h8-9,12-15,31H,6-7,10-11,16H2,1-5H3,(H,30,35). The number of ether oxygens (including phenoxy) is 1. The number of benzene rings is 2. The maximum absolute atomic E-state index is 13.9. The Balaban J connectivity index is 1.87. The van der Waals surface area contributed by atoms with E-state index in [1.807, 2.05) is 24.5 Å². The Morgan fingerprint density at radius 2 is 1.82 bits per heavy atom. The number of anilines is 1. The second-order valence-corrected chi connectivity index (χ2v) is 10.8. The maximum atomic E-state index is 13.9. The monoisotopic (exact) mass is 540 g/mol. The predicted octanol–water partition coefficient (Wildman–Crippen LogP) is 4.88. The number of hydrogen-bond donors (Lipinski definition) is 2. The summed E-state index contributed by atoms with van der Waals surface area (Å²) in [4.78, 5) is 27.3. The van der Waals surface area contributed by atoms with Crippen LogP contribution in [0.15, 0.2) is 41.3 Å². The third-order valence-electron chi connectivity index (χ3n) is 6.53. The van der Waals surface area contributed by atoms with Gasteiger partial charge in [-0.3, -0.25) is 4.79 Å². The Hall–Kier alpha value is -3.66. The Morgan fingerprint density at radius 3 is 2.47 bits per heavy atom. The van der Waals surface area contributed by atoms with Gasteiger partial charge in [-0.15, -0.1) is 0 Å². The summed E-state index contributed by atoms with van der Waals surface area (Å²) in [6.07, 6.45) is 2.24. The number of rotatable bonds is 7. The molecule has 1 aliphatic heterocycles. The van der Waals surface area contributed by atoms with E-state index in [0.717, 1.165) is 5.69 Å². The molecule has 10 heteroatoms. The number of nitrogens with zero attached hydrogens (tertiary/aromatic N) is 2. The van der Waals surface area contributed by atoms with Crippen molar-refractivity contribution in [3.8, 4) is 17.2 Å². The SMILES string of the molecule is CCNC(=O)N1CCc2c(c(=O)c(C)cn2-c2cc(NS(=O)CC)ccc2Oc2c(C)cc(F)cc2C)C1. The molecule has 0 saturated heterocycles. The number of aromatic nitrogens is 1. The number of carbonyl (C=O) groups is 1. The number of aryl methyl sites for hydroxylation is 3. The molecule has 0 saturated carbocycles. The molecule has 3 aromatic rings. The van der Waals surface area contributed by atoms with Gasteiger partial charge in [-0.2, -0.15) is 0 Å². The van der Waals surface area contributed by atoms with Crippen molar-refractivity contribution in [1.29, 1.82) is 0 Å². The van der Waals surface area contributed by atoms with E-state index < -0.39 is 11.0 Å². The Kier molecular flexibility index (Phi) is 8.20. The molecule has 4 rings (SSSR count). The molecule has 38 heavy (non-hydrogen) atoms. The first-order chi connectivity index (χ1) is 18.1. The van der Waals surface area contributed by atoms with Gasteiger partial charge in [0.05, 0.1) is 12.2 Å². The molecule has 202 valence electrons. The second kappa shape index (κ2) is 11.4. The summed E-state index contributed by atoms with van der Waals surface area (Å²) >= 11 is 0. The van der Waals surface area contributed by atoms with E-state index >= 15 is 0 Å². The number of hydrogen-bond acceptors (Lipinski definition) is 4. The van der Waals surface area contributed by atoms with E-state index in [0.29, 0.717) is 70.4 Å². The molecule has 1 unspecified atom stereocenters. The molecular formula is C28H33FN4O4S. The summed E-state index contributed by atoms with van der Waals surface area (Å²) in [5.74, 6) is 1.13. The summed E-state index contributed by atoms with van der Waals surface area (Å²) in [7, 11) is -1.26. The zero-order valence-corrected chi connectivity index (χ0v) is 23.1. The number of fused-ring (bicyclic) bond motifs is 1. The first kappa shape index (κ1) is 27.4. The highest BCUT2D eigenvalue weighted by Crippen LogP contribution is 2.36. The second-order valence-electron chi connectivity index (χ2n) is 9.33. The van der Waals surface area contributed by atoms with Gasteiger partial charge in [-0.1, -0.05) is 6.92 Å².